The number of nitrogens with one attached hydrogen (secondary N) is 1. The number of fused-ring (bicyclic) bond motifs is 1. The number of halogens is 1. The van der Waals surface area contributed by atoms with E-state index in [-0.39, 0.29) is 5.56 Å². The molecule has 0 spiro atoms. The van der Waals surface area contributed by atoms with Gasteiger partial charge in [0.05, 0.1) is 15.9 Å². The smallest absolute Gasteiger partial charge is 0.260 e. The SMILES string of the molecule is CCOC(OCC)c1nc2cccc(Cl)c2c(=O)[nH]1. The van der Waals surface area contributed by atoms with Crippen LogP contribution in [0.5, 0.6) is 0 Å². The lowest BCUT2D eigenvalue weighted by Gasteiger charge is -2.16. The van der Waals surface area contributed by atoms with Crippen LogP contribution in [0.2, 0.25) is 5.02 Å². The van der Waals surface area contributed by atoms with Gasteiger partial charge < -0.3 is 14.5 Å². The van der Waals surface area contributed by atoms with Crippen LogP contribution in [-0.2, 0) is 9.47 Å². The molecule has 6 heteroatoms. The summed E-state index contributed by atoms with van der Waals surface area (Å²) in [7, 11) is 0. The Morgan fingerprint density at radius 2 is 2.00 bits per heavy atom. The number of hydrogen-bond acceptors (Lipinski definition) is 4. The van der Waals surface area contributed by atoms with Crippen LogP contribution in [0.3, 0.4) is 0 Å². The molecule has 0 saturated heterocycles. The predicted molar refractivity (Wildman–Crippen MR) is 73.4 cm³/mol. The Bertz CT molecular complexity index is 621. The van der Waals surface area contributed by atoms with E-state index in [0.29, 0.717) is 35.0 Å². The van der Waals surface area contributed by atoms with E-state index < -0.39 is 6.29 Å². The highest BCUT2D eigenvalue weighted by Crippen LogP contribution is 2.20. The number of aromatic nitrogens is 2. The van der Waals surface area contributed by atoms with Crippen molar-refractivity contribution in [3.63, 3.8) is 0 Å². The molecule has 0 amide bonds. The maximum atomic E-state index is 12.0. The van der Waals surface area contributed by atoms with Crippen LogP contribution in [0.25, 0.3) is 10.9 Å². The number of ether oxygens (including phenoxy) is 2. The van der Waals surface area contributed by atoms with Gasteiger partial charge in [-0.05, 0) is 26.0 Å². The van der Waals surface area contributed by atoms with Crippen molar-refractivity contribution in [1.29, 1.82) is 0 Å². The first-order valence-corrected chi connectivity index (χ1v) is 6.46. The van der Waals surface area contributed by atoms with Gasteiger partial charge in [-0.1, -0.05) is 17.7 Å². The molecule has 0 aliphatic carbocycles. The van der Waals surface area contributed by atoms with E-state index in [0.717, 1.165) is 0 Å². The summed E-state index contributed by atoms with van der Waals surface area (Å²) in [5.41, 5.74) is 0.227. The van der Waals surface area contributed by atoms with Gasteiger partial charge in [0.1, 0.15) is 0 Å². The summed E-state index contributed by atoms with van der Waals surface area (Å²) in [4.78, 5) is 19.0. The highest BCUT2D eigenvalue weighted by atomic mass is 35.5. The second-order valence-corrected chi connectivity index (χ2v) is 4.23. The van der Waals surface area contributed by atoms with Crippen molar-refractivity contribution in [2.24, 2.45) is 0 Å². The first-order valence-electron chi connectivity index (χ1n) is 6.09. The summed E-state index contributed by atoms with van der Waals surface area (Å²) in [5.74, 6) is 0.350. The number of hydrogen-bond donors (Lipinski definition) is 1. The summed E-state index contributed by atoms with van der Waals surface area (Å²) >= 11 is 5.99. The molecule has 0 atom stereocenters. The van der Waals surface area contributed by atoms with Gasteiger partial charge in [0, 0.05) is 13.2 Å². The minimum atomic E-state index is -0.675. The largest absolute Gasteiger partial charge is 0.346 e. The summed E-state index contributed by atoms with van der Waals surface area (Å²) < 4.78 is 10.8. The lowest BCUT2D eigenvalue weighted by molar-refractivity contribution is -0.145. The molecule has 19 heavy (non-hydrogen) atoms. The van der Waals surface area contributed by atoms with Crippen LogP contribution in [0.1, 0.15) is 26.0 Å². The molecule has 102 valence electrons. The van der Waals surface area contributed by atoms with Gasteiger partial charge in [0.2, 0.25) is 6.29 Å². The van der Waals surface area contributed by atoms with Gasteiger partial charge in [0.25, 0.3) is 5.56 Å². The zero-order chi connectivity index (χ0) is 13.8. The fraction of sp³-hybridized carbons (Fsp3) is 0.385. The Morgan fingerprint density at radius 3 is 2.63 bits per heavy atom. The molecule has 0 aliphatic rings. The van der Waals surface area contributed by atoms with Crippen molar-refractivity contribution < 1.29 is 9.47 Å². The average Bonchev–Trinajstić information content (AvgIpc) is 2.38. The molecular formula is C13H15ClN2O3. The summed E-state index contributed by atoms with van der Waals surface area (Å²) in [5, 5.41) is 0.752. The monoisotopic (exact) mass is 282 g/mol. The zero-order valence-electron chi connectivity index (χ0n) is 10.8. The van der Waals surface area contributed by atoms with E-state index in [4.69, 9.17) is 21.1 Å². The summed E-state index contributed by atoms with van der Waals surface area (Å²) in [6.45, 7) is 4.62. The molecule has 2 aromatic rings. The van der Waals surface area contributed by atoms with Gasteiger partial charge in [-0.3, -0.25) is 4.79 Å². The highest BCUT2D eigenvalue weighted by Gasteiger charge is 2.16. The third kappa shape index (κ3) is 2.94. The molecule has 5 nitrogen and oxygen atoms in total. The third-order valence-corrected chi connectivity index (χ3v) is 2.88. The van der Waals surface area contributed by atoms with E-state index in [9.17, 15) is 4.79 Å². The standard InChI is InChI=1S/C13H15ClN2O3/c1-3-18-13(19-4-2)11-15-9-7-5-6-8(14)10(9)12(17)16-11/h5-7,13H,3-4H2,1-2H3,(H,15,16,17). The van der Waals surface area contributed by atoms with Gasteiger partial charge >= 0.3 is 0 Å². The Kier molecular flexibility index (Phi) is 4.52. The molecule has 1 heterocycles. The Balaban J connectivity index is 2.53. The maximum absolute atomic E-state index is 12.0. The van der Waals surface area contributed by atoms with Crippen molar-refractivity contribution in [3.8, 4) is 0 Å². The van der Waals surface area contributed by atoms with Crippen molar-refractivity contribution in [3.05, 3.63) is 39.4 Å². The van der Waals surface area contributed by atoms with E-state index in [2.05, 4.69) is 9.97 Å². The first kappa shape index (κ1) is 14.0. The minimum Gasteiger partial charge on any atom is -0.346 e. The van der Waals surface area contributed by atoms with Crippen molar-refractivity contribution in [1.82, 2.24) is 9.97 Å². The fourth-order valence-corrected chi connectivity index (χ4v) is 2.04. The van der Waals surface area contributed by atoms with Gasteiger partial charge in [-0.15, -0.1) is 0 Å². The molecule has 2 rings (SSSR count). The molecule has 0 aliphatic heterocycles. The Labute approximate surface area is 115 Å². The molecule has 0 fully saturated rings. The van der Waals surface area contributed by atoms with Crippen molar-refractivity contribution >= 4 is 22.5 Å². The lowest BCUT2D eigenvalue weighted by Crippen LogP contribution is -2.19. The van der Waals surface area contributed by atoms with Crippen molar-refractivity contribution in [2.45, 2.75) is 20.1 Å². The molecular weight excluding hydrogens is 268 g/mol. The van der Waals surface area contributed by atoms with Crippen molar-refractivity contribution in [2.75, 3.05) is 13.2 Å². The number of nitrogens with zero attached hydrogens (tertiary/aromatic N) is 1. The summed E-state index contributed by atoms with van der Waals surface area (Å²) in [6.07, 6.45) is -0.675. The van der Waals surface area contributed by atoms with Crippen LogP contribution < -0.4 is 5.56 Å². The lowest BCUT2D eigenvalue weighted by atomic mass is 10.2. The highest BCUT2D eigenvalue weighted by molar-refractivity contribution is 6.35. The fourth-order valence-electron chi connectivity index (χ4n) is 1.79. The number of benzene rings is 1. The van der Waals surface area contributed by atoms with Gasteiger partial charge in [-0.25, -0.2) is 4.98 Å². The molecule has 1 aromatic carbocycles. The van der Waals surface area contributed by atoms with Crippen LogP contribution in [0.4, 0.5) is 0 Å². The number of rotatable bonds is 5. The van der Waals surface area contributed by atoms with Crippen LogP contribution >= 0.6 is 11.6 Å². The molecule has 0 bridgehead atoms. The number of aromatic amines is 1. The molecule has 0 saturated carbocycles. The second-order valence-electron chi connectivity index (χ2n) is 3.83. The summed E-state index contributed by atoms with van der Waals surface area (Å²) in [6, 6.07) is 5.13. The molecule has 1 aromatic heterocycles. The van der Waals surface area contributed by atoms with Crippen LogP contribution in [0, 0.1) is 0 Å². The van der Waals surface area contributed by atoms with E-state index in [1.165, 1.54) is 0 Å². The first-order chi connectivity index (χ1) is 9.17. The predicted octanol–water partition coefficient (Wildman–Crippen LogP) is 2.65. The zero-order valence-corrected chi connectivity index (χ0v) is 11.5. The normalized spacial score (nSPS) is 11.4. The molecule has 0 radical (unpaired) electrons. The van der Waals surface area contributed by atoms with E-state index >= 15 is 0 Å². The average molecular weight is 283 g/mol. The third-order valence-electron chi connectivity index (χ3n) is 2.56. The van der Waals surface area contributed by atoms with Crippen LogP contribution in [-0.4, -0.2) is 23.2 Å². The van der Waals surface area contributed by atoms with Crippen LogP contribution in [0.15, 0.2) is 23.0 Å². The molecule has 1 N–H and O–H groups in total. The Hall–Kier alpha value is -1.43. The minimum absolute atomic E-state index is 0.296. The van der Waals surface area contributed by atoms with Gasteiger partial charge in [0.15, 0.2) is 5.82 Å². The maximum Gasteiger partial charge on any atom is 0.260 e. The van der Waals surface area contributed by atoms with Gasteiger partial charge in [-0.2, -0.15) is 0 Å². The van der Waals surface area contributed by atoms with E-state index in [1.54, 1.807) is 18.2 Å². The molecule has 0 unspecified atom stereocenters. The Morgan fingerprint density at radius 1 is 1.32 bits per heavy atom. The second kappa shape index (κ2) is 6.14. The quantitative estimate of drug-likeness (QED) is 0.856. The number of H-pyrrole nitrogens is 1. The van der Waals surface area contributed by atoms with E-state index in [1.807, 2.05) is 13.8 Å². The topological polar surface area (TPSA) is 64.2 Å².